The summed E-state index contributed by atoms with van der Waals surface area (Å²) >= 11 is 0. The topological polar surface area (TPSA) is 50.5 Å². The van der Waals surface area contributed by atoms with E-state index in [1.165, 1.54) is 17.2 Å². The van der Waals surface area contributed by atoms with Crippen molar-refractivity contribution in [3.05, 3.63) is 89.0 Å². The molecule has 6 rings (SSSR count). The molecule has 1 aliphatic heterocycles. The second-order valence-electron chi connectivity index (χ2n) is 8.74. The van der Waals surface area contributed by atoms with E-state index in [1.807, 2.05) is 23.1 Å². The summed E-state index contributed by atoms with van der Waals surface area (Å²) < 4.78 is 16.1. The number of carbonyl (C=O) groups is 1. The molecule has 4 aromatic rings. The maximum absolute atomic E-state index is 14.4. The van der Waals surface area contributed by atoms with Crippen LogP contribution in [0.1, 0.15) is 59.0 Å². The van der Waals surface area contributed by atoms with Crippen molar-refractivity contribution in [2.45, 2.75) is 38.1 Å². The molecule has 1 atom stereocenters. The Kier molecular flexibility index (Phi) is 4.35. The molecular weight excluding hydrogens is 403 g/mol. The summed E-state index contributed by atoms with van der Waals surface area (Å²) in [5.41, 5.74) is 5.46. The van der Waals surface area contributed by atoms with E-state index in [-0.39, 0.29) is 17.8 Å². The SMILES string of the molecule is CC1c2ccccc2CCN1C(=O)c1cc(C2CC2)n2nc(-c3ccccc3F)cc2n1. The van der Waals surface area contributed by atoms with Crippen molar-refractivity contribution >= 4 is 11.6 Å². The minimum Gasteiger partial charge on any atom is -0.330 e. The van der Waals surface area contributed by atoms with Crippen LogP contribution in [0.5, 0.6) is 0 Å². The van der Waals surface area contributed by atoms with E-state index in [2.05, 4.69) is 29.1 Å². The highest BCUT2D eigenvalue weighted by Crippen LogP contribution is 2.41. The highest BCUT2D eigenvalue weighted by atomic mass is 19.1. The third-order valence-electron chi connectivity index (χ3n) is 6.67. The minimum atomic E-state index is -0.319. The van der Waals surface area contributed by atoms with Gasteiger partial charge in [-0.05, 0) is 55.5 Å². The van der Waals surface area contributed by atoms with Crippen molar-refractivity contribution in [3.63, 3.8) is 0 Å². The van der Waals surface area contributed by atoms with Gasteiger partial charge in [-0.15, -0.1) is 0 Å². The molecule has 1 unspecified atom stereocenters. The molecule has 0 saturated heterocycles. The molecule has 160 valence electrons. The molecule has 1 saturated carbocycles. The first-order valence-electron chi connectivity index (χ1n) is 11.1. The van der Waals surface area contributed by atoms with E-state index < -0.39 is 0 Å². The van der Waals surface area contributed by atoms with E-state index in [1.54, 1.807) is 28.8 Å². The predicted molar refractivity (Wildman–Crippen MR) is 120 cm³/mol. The molecule has 0 radical (unpaired) electrons. The Morgan fingerprint density at radius 1 is 1.06 bits per heavy atom. The zero-order chi connectivity index (χ0) is 21.8. The van der Waals surface area contributed by atoms with Gasteiger partial charge in [0.25, 0.3) is 5.91 Å². The van der Waals surface area contributed by atoms with E-state index in [0.29, 0.717) is 35.1 Å². The van der Waals surface area contributed by atoms with E-state index >= 15 is 0 Å². The van der Waals surface area contributed by atoms with Crippen LogP contribution < -0.4 is 0 Å². The summed E-state index contributed by atoms with van der Waals surface area (Å²) in [6.07, 6.45) is 2.97. The van der Waals surface area contributed by atoms with Crippen LogP contribution in [0.15, 0.2) is 60.7 Å². The molecule has 2 aliphatic rings. The molecule has 0 bridgehead atoms. The molecule has 1 fully saturated rings. The Hall–Kier alpha value is -3.54. The van der Waals surface area contributed by atoms with Crippen LogP contribution in [-0.4, -0.2) is 31.9 Å². The number of carbonyl (C=O) groups excluding carboxylic acids is 1. The highest BCUT2D eigenvalue weighted by Gasteiger charge is 2.32. The standard InChI is InChI=1S/C26H23FN4O/c1-16-19-7-3-2-6-17(19)12-13-30(16)26(32)23-14-24(18-10-11-18)31-25(28-23)15-22(29-31)20-8-4-5-9-21(20)27/h2-9,14-16,18H,10-13H2,1H3. The number of hydrogen-bond donors (Lipinski definition) is 0. The van der Waals surface area contributed by atoms with Gasteiger partial charge in [-0.1, -0.05) is 36.4 Å². The first-order chi connectivity index (χ1) is 15.6. The molecule has 2 aromatic heterocycles. The van der Waals surface area contributed by atoms with Crippen molar-refractivity contribution in [1.82, 2.24) is 19.5 Å². The lowest BCUT2D eigenvalue weighted by atomic mass is 9.93. The average molecular weight is 426 g/mol. The first kappa shape index (κ1) is 19.2. The van der Waals surface area contributed by atoms with Crippen molar-refractivity contribution in [1.29, 1.82) is 0 Å². The number of rotatable bonds is 3. The molecule has 5 nitrogen and oxygen atoms in total. The fourth-order valence-electron chi connectivity index (χ4n) is 4.77. The van der Waals surface area contributed by atoms with Crippen LogP contribution in [0, 0.1) is 5.82 Å². The van der Waals surface area contributed by atoms with Gasteiger partial charge in [-0.3, -0.25) is 4.79 Å². The average Bonchev–Trinajstić information content (AvgIpc) is 3.57. The van der Waals surface area contributed by atoms with Gasteiger partial charge in [0.05, 0.1) is 11.7 Å². The van der Waals surface area contributed by atoms with Crippen molar-refractivity contribution in [2.24, 2.45) is 0 Å². The Bertz CT molecular complexity index is 1360. The second kappa shape index (κ2) is 7.26. The molecule has 1 amide bonds. The molecule has 0 spiro atoms. The van der Waals surface area contributed by atoms with Gasteiger partial charge in [0.1, 0.15) is 11.5 Å². The van der Waals surface area contributed by atoms with Gasteiger partial charge in [-0.25, -0.2) is 13.9 Å². The summed E-state index contributed by atoms with van der Waals surface area (Å²) in [6, 6.07) is 18.6. The van der Waals surface area contributed by atoms with Gasteiger partial charge >= 0.3 is 0 Å². The van der Waals surface area contributed by atoms with Crippen molar-refractivity contribution in [2.75, 3.05) is 6.54 Å². The first-order valence-corrected chi connectivity index (χ1v) is 11.1. The summed E-state index contributed by atoms with van der Waals surface area (Å²) in [6.45, 7) is 2.74. The molecular formula is C26H23FN4O. The smallest absolute Gasteiger partial charge is 0.273 e. The van der Waals surface area contributed by atoms with Crippen molar-refractivity contribution in [3.8, 4) is 11.3 Å². The molecule has 1 aliphatic carbocycles. The summed E-state index contributed by atoms with van der Waals surface area (Å²) in [5, 5.41) is 4.65. The lowest BCUT2D eigenvalue weighted by Crippen LogP contribution is -2.39. The maximum Gasteiger partial charge on any atom is 0.273 e. The molecule has 6 heteroatoms. The molecule has 2 aromatic carbocycles. The van der Waals surface area contributed by atoms with Crippen LogP contribution in [0.4, 0.5) is 4.39 Å². The van der Waals surface area contributed by atoms with Gasteiger partial charge in [0.2, 0.25) is 0 Å². The second-order valence-corrected chi connectivity index (χ2v) is 8.74. The number of nitrogens with zero attached hydrogens (tertiary/aromatic N) is 4. The zero-order valence-corrected chi connectivity index (χ0v) is 17.8. The minimum absolute atomic E-state index is 0.00580. The number of halogens is 1. The Morgan fingerprint density at radius 2 is 1.84 bits per heavy atom. The van der Waals surface area contributed by atoms with Gasteiger partial charge in [-0.2, -0.15) is 5.10 Å². The van der Waals surface area contributed by atoms with Crippen molar-refractivity contribution < 1.29 is 9.18 Å². The van der Waals surface area contributed by atoms with Crippen LogP contribution in [0.2, 0.25) is 0 Å². The Morgan fingerprint density at radius 3 is 2.66 bits per heavy atom. The Labute approximate surface area is 185 Å². The molecule has 32 heavy (non-hydrogen) atoms. The fourth-order valence-corrected chi connectivity index (χ4v) is 4.77. The lowest BCUT2D eigenvalue weighted by molar-refractivity contribution is 0.0671. The Balaban J connectivity index is 1.42. The zero-order valence-electron chi connectivity index (χ0n) is 17.8. The highest BCUT2D eigenvalue weighted by molar-refractivity contribution is 5.93. The van der Waals surface area contributed by atoms with E-state index in [4.69, 9.17) is 0 Å². The molecule has 0 N–H and O–H groups in total. The van der Waals surface area contributed by atoms with Crippen LogP contribution in [-0.2, 0) is 6.42 Å². The number of aromatic nitrogens is 3. The van der Waals surface area contributed by atoms with Gasteiger partial charge in [0.15, 0.2) is 5.65 Å². The number of amides is 1. The monoisotopic (exact) mass is 426 g/mol. The van der Waals surface area contributed by atoms with Crippen LogP contribution >= 0.6 is 0 Å². The number of benzene rings is 2. The summed E-state index contributed by atoms with van der Waals surface area (Å²) in [4.78, 5) is 20.1. The van der Waals surface area contributed by atoms with Crippen LogP contribution in [0.25, 0.3) is 16.9 Å². The summed E-state index contributed by atoms with van der Waals surface area (Å²) in [7, 11) is 0. The number of hydrogen-bond acceptors (Lipinski definition) is 3. The normalized spacial score (nSPS) is 18.1. The number of fused-ring (bicyclic) bond motifs is 2. The van der Waals surface area contributed by atoms with Gasteiger partial charge < -0.3 is 4.90 Å². The quantitative estimate of drug-likeness (QED) is 0.454. The van der Waals surface area contributed by atoms with E-state index in [9.17, 15) is 9.18 Å². The summed E-state index contributed by atoms with van der Waals surface area (Å²) in [5.74, 6) is -0.0223. The lowest BCUT2D eigenvalue weighted by Gasteiger charge is -2.35. The molecule has 3 heterocycles. The predicted octanol–water partition coefficient (Wildman–Crippen LogP) is 5.17. The van der Waals surface area contributed by atoms with Crippen LogP contribution in [0.3, 0.4) is 0 Å². The van der Waals surface area contributed by atoms with E-state index in [0.717, 1.165) is 25.0 Å². The third-order valence-corrected chi connectivity index (χ3v) is 6.67. The maximum atomic E-state index is 14.4. The third kappa shape index (κ3) is 3.09. The largest absolute Gasteiger partial charge is 0.330 e. The van der Waals surface area contributed by atoms with Gasteiger partial charge in [0, 0.05) is 29.8 Å². The fraction of sp³-hybridized carbons (Fsp3) is 0.269.